The Morgan fingerprint density at radius 2 is 1.50 bits per heavy atom. The summed E-state index contributed by atoms with van der Waals surface area (Å²) in [6.07, 6.45) is 12.6. The quantitative estimate of drug-likeness (QED) is 0.543. The van der Waals surface area contributed by atoms with E-state index < -0.39 is 0 Å². The van der Waals surface area contributed by atoms with Gasteiger partial charge in [-0.15, -0.1) is 0 Å². The Labute approximate surface area is 151 Å². The molecular weight excluding hydrogens is 314 g/mol. The first-order chi connectivity index (χ1) is 11.6. The van der Waals surface area contributed by atoms with Gasteiger partial charge in [-0.25, -0.2) is 0 Å². The summed E-state index contributed by atoms with van der Waals surface area (Å²) in [5.74, 6) is 1.72. The minimum atomic E-state index is 0.212. The number of amidine groups is 1. The van der Waals surface area contributed by atoms with Gasteiger partial charge in [0.2, 0.25) is 0 Å². The predicted molar refractivity (Wildman–Crippen MR) is 107 cm³/mol. The first kappa shape index (κ1) is 19.3. The summed E-state index contributed by atoms with van der Waals surface area (Å²) in [5.41, 5.74) is 14.3. The molecule has 1 fully saturated rings. The van der Waals surface area contributed by atoms with E-state index in [0.717, 1.165) is 18.1 Å². The van der Waals surface area contributed by atoms with E-state index in [1.165, 1.54) is 80.7 Å². The Balaban J connectivity index is 1.79. The average molecular weight is 348 g/mol. The minimum Gasteiger partial charge on any atom is -0.379 e. The van der Waals surface area contributed by atoms with E-state index in [-0.39, 0.29) is 5.17 Å². The number of hydrogen-bond donors (Lipinski definition) is 3. The fourth-order valence-electron chi connectivity index (χ4n) is 3.63. The third-order valence-electron chi connectivity index (χ3n) is 5.07. The van der Waals surface area contributed by atoms with Gasteiger partial charge in [0.05, 0.1) is 0 Å². The van der Waals surface area contributed by atoms with Crippen molar-refractivity contribution in [3.8, 4) is 0 Å². The predicted octanol–water partition coefficient (Wildman–Crippen LogP) is 4.48. The van der Waals surface area contributed by atoms with Crippen molar-refractivity contribution in [2.45, 2.75) is 70.3 Å². The number of aryl methyl sites for hydroxylation is 1. The highest BCUT2D eigenvalue weighted by molar-refractivity contribution is 8.13. The van der Waals surface area contributed by atoms with Gasteiger partial charge in [-0.05, 0) is 42.7 Å². The van der Waals surface area contributed by atoms with Crippen LogP contribution in [0.15, 0.2) is 24.3 Å². The number of hydrogen-bond acceptors (Lipinski definition) is 3. The molecule has 0 aromatic heterocycles. The molecule has 134 valence electrons. The van der Waals surface area contributed by atoms with Crippen LogP contribution in [-0.4, -0.2) is 17.0 Å². The van der Waals surface area contributed by atoms with Gasteiger partial charge < -0.3 is 11.5 Å². The number of nitrogens with two attached hydrogens (primary N) is 2. The molecule has 0 unspecified atom stereocenters. The van der Waals surface area contributed by atoms with E-state index in [4.69, 9.17) is 16.9 Å². The highest BCUT2D eigenvalue weighted by Crippen LogP contribution is 2.24. The van der Waals surface area contributed by atoms with Crippen LogP contribution in [-0.2, 0) is 12.8 Å². The lowest BCUT2D eigenvalue weighted by Crippen LogP contribution is -2.20. The van der Waals surface area contributed by atoms with Crippen molar-refractivity contribution in [2.24, 2.45) is 17.4 Å². The minimum absolute atomic E-state index is 0.212. The first-order valence-corrected chi connectivity index (χ1v) is 10.4. The topological polar surface area (TPSA) is 75.9 Å². The van der Waals surface area contributed by atoms with Crippen LogP contribution in [0, 0.1) is 11.3 Å². The Bertz CT molecular complexity index is 474. The van der Waals surface area contributed by atoms with Crippen molar-refractivity contribution >= 4 is 16.9 Å². The molecule has 0 spiro atoms. The second-order valence-electron chi connectivity index (χ2n) is 7.18. The summed E-state index contributed by atoms with van der Waals surface area (Å²) in [5, 5.41) is 7.46. The molecule has 0 aliphatic heterocycles. The Morgan fingerprint density at radius 1 is 0.958 bits per heavy atom. The van der Waals surface area contributed by atoms with Crippen LogP contribution in [0.25, 0.3) is 0 Å². The van der Waals surface area contributed by atoms with Crippen molar-refractivity contribution in [3.63, 3.8) is 0 Å². The third-order valence-corrected chi connectivity index (χ3v) is 5.79. The molecule has 1 aromatic carbocycles. The van der Waals surface area contributed by atoms with Crippen LogP contribution < -0.4 is 11.5 Å². The monoisotopic (exact) mass is 347 g/mol. The van der Waals surface area contributed by atoms with Gasteiger partial charge in [0.15, 0.2) is 5.17 Å². The van der Waals surface area contributed by atoms with Gasteiger partial charge in [0.25, 0.3) is 0 Å². The molecule has 0 saturated heterocycles. The van der Waals surface area contributed by atoms with E-state index in [9.17, 15) is 0 Å². The smallest absolute Gasteiger partial charge is 0.151 e. The van der Waals surface area contributed by atoms with E-state index in [0.29, 0.717) is 6.04 Å². The van der Waals surface area contributed by atoms with E-state index in [2.05, 4.69) is 24.3 Å². The number of rotatable bonds is 5. The van der Waals surface area contributed by atoms with Crippen molar-refractivity contribution in [2.75, 3.05) is 5.75 Å². The molecular formula is C20H33N3S. The Hall–Kier alpha value is -1.00. The first-order valence-electron chi connectivity index (χ1n) is 9.43. The molecule has 1 aromatic rings. The summed E-state index contributed by atoms with van der Waals surface area (Å²) >= 11 is 1.42. The molecule has 1 aliphatic carbocycles. The molecule has 1 saturated carbocycles. The van der Waals surface area contributed by atoms with E-state index in [1.54, 1.807) is 0 Å². The zero-order valence-corrected chi connectivity index (χ0v) is 15.6. The second kappa shape index (κ2) is 10.8. The number of nitrogens with one attached hydrogen (secondary N) is 1. The summed E-state index contributed by atoms with van der Waals surface area (Å²) in [7, 11) is 0. The maximum Gasteiger partial charge on any atom is 0.151 e. The fourth-order valence-corrected chi connectivity index (χ4v) is 4.18. The third kappa shape index (κ3) is 7.71. The molecule has 0 radical (unpaired) electrons. The molecule has 5 N–H and O–H groups in total. The molecule has 4 heteroatoms. The summed E-state index contributed by atoms with van der Waals surface area (Å²) in [6, 6.07) is 9.52. The largest absolute Gasteiger partial charge is 0.379 e. The van der Waals surface area contributed by atoms with Crippen molar-refractivity contribution in [1.82, 2.24) is 0 Å². The second-order valence-corrected chi connectivity index (χ2v) is 8.32. The normalized spacial score (nSPS) is 22.9. The fraction of sp³-hybridized carbons (Fsp3) is 0.650. The van der Waals surface area contributed by atoms with Gasteiger partial charge >= 0.3 is 0 Å². The van der Waals surface area contributed by atoms with Gasteiger partial charge in [-0.1, -0.05) is 74.6 Å². The van der Waals surface area contributed by atoms with Crippen LogP contribution in [0.5, 0.6) is 0 Å². The van der Waals surface area contributed by atoms with Crippen LogP contribution in [0.2, 0.25) is 0 Å². The standard InChI is InChI=1S/C20H33N3S/c21-19-7-3-1-5-17(6-2-4-8-19)15-18-11-9-16(10-12-18)13-14-24-20(22)23/h9-12,17,19H,1-8,13-15,21H2,(H3,22,23). The van der Waals surface area contributed by atoms with Crippen molar-refractivity contribution in [3.05, 3.63) is 35.4 Å². The summed E-state index contributed by atoms with van der Waals surface area (Å²) in [6.45, 7) is 0. The summed E-state index contributed by atoms with van der Waals surface area (Å²) < 4.78 is 0. The molecule has 0 amide bonds. The Kier molecular flexibility index (Phi) is 8.68. The summed E-state index contributed by atoms with van der Waals surface area (Å²) in [4.78, 5) is 0. The molecule has 3 nitrogen and oxygen atoms in total. The molecule has 24 heavy (non-hydrogen) atoms. The van der Waals surface area contributed by atoms with Crippen LogP contribution in [0.1, 0.15) is 62.5 Å². The van der Waals surface area contributed by atoms with Crippen molar-refractivity contribution < 1.29 is 0 Å². The number of benzene rings is 1. The van der Waals surface area contributed by atoms with Gasteiger partial charge in [-0.3, -0.25) is 5.41 Å². The van der Waals surface area contributed by atoms with Crippen LogP contribution in [0.3, 0.4) is 0 Å². The lowest BCUT2D eigenvalue weighted by atomic mass is 9.87. The lowest BCUT2D eigenvalue weighted by Gasteiger charge is -2.20. The maximum absolute atomic E-state index is 7.24. The number of thioether (sulfide) groups is 1. The maximum atomic E-state index is 7.24. The molecule has 0 heterocycles. The van der Waals surface area contributed by atoms with Crippen molar-refractivity contribution in [1.29, 1.82) is 5.41 Å². The molecule has 0 atom stereocenters. The van der Waals surface area contributed by atoms with E-state index >= 15 is 0 Å². The van der Waals surface area contributed by atoms with Gasteiger partial charge in [0.1, 0.15) is 0 Å². The zero-order chi connectivity index (χ0) is 17.2. The average Bonchev–Trinajstić information content (AvgIpc) is 2.56. The highest BCUT2D eigenvalue weighted by Gasteiger charge is 2.13. The van der Waals surface area contributed by atoms with E-state index in [1.807, 2.05) is 0 Å². The SMILES string of the molecule is N=C(N)SCCc1ccc(CC2CCCCC(N)CCCC2)cc1. The Morgan fingerprint density at radius 3 is 2.08 bits per heavy atom. The zero-order valence-electron chi connectivity index (χ0n) is 14.8. The molecule has 1 aliphatic rings. The molecule has 2 rings (SSSR count). The molecule has 0 bridgehead atoms. The van der Waals surface area contributed by atoms with Crippen LogP contribution in [0.4, 0.5) is 0 Å². The van der Waals surface area contributed by atoms with Gasteiger partial charge in [-0.2, -0.15) is 0 Å². The lowest BCUT2D eigenvalue weighted by molar-refractivity contribution is 0.373. The van der Waals surface area contributed by atoms with Gasteiger partial charge in [0, 0.05) is 11.8 Å². The highest BCUT2D eigenvalue weighted by atomic mass is 32.2. The van der Waals surface area contributed by atoms with Crippen LogP contribution >= 0.6 is 11.8 Å².